The van der Waals surface area contributed by atoms with E-state index in [1.807, 2.05) is 10.6 Å². The molecule has 1 aromatic carbocycles. The van der Waals surface area contributed by atoms with Crippen molar-refractivity contribution < 1.29 is 14.1 Å². The van der Waals surface area contributed by atoms with Gasteiger partial charge < -0.3 is 13.9 Å². The van der Waals surface area contributed by atoms with Gasteiger partial charge in [0, 0.05) is 48.4 Å². The van der Waals surface area contributed by atoms with E-state index in [1.54, 1.807) is 36.1 Å². The molecular weight excluding hydrogens is 434 g/mol. The quantitative estimate of drug-likeness (QED) is 0.436. The molecule has 4 heterocycles. The smallest absolute Gasteiger partial charge is 0.281 e. The second kappa shape index (κ2) is 7.63. The van der Waals surface area contributed by atoms with Gasteiger partial charge in [0.1, 0.15) is 11.5 Å². The predicted octanol–water partition coefficient (Wildman–Crippen LogP) is 4.24. The Labute approximate surface area is 188 Å². The number of rotatable bonds is 3. The molecule has 0 N–H and O–H groups in total. The number of carbonyl (C=O) groups is 1. The summed E-state index contributed by atoms with van der Waals surface area (Å²) in [6.07, 6.45) is 0.944. The molecule has 2 atom stereocenters. The minimum atomic E-state index is -0.522. The topological polar surface area (TPSA) is 98.6 Å². The number of carbonyl (C=O) groups excluding carboxylic acids is 1. The molecule has 32 heavy (non-hydrogen) atoms. The van der Waals surface area contributed by atoms with E-state index in [0.717, 1.165) is 12.1 Å². The van der Waals surface area contributed by atoms with Gasteiger partial charge >= 0.3 is 0 Å². The molecule has 2 unspecified atom stereocenters. The van der Waals surface area contributed by atoms with Crippen LogP contribution in [0.15, 0.2) is 51.7 Å². The molecule has 2 aliphatic rings. The van der Waals surface area contributed by atoms with Crippen molar-refractivity contribution >= 4 is 23.2 Å². The van der Waals surface area contributed by atoms with Crippen LogP contribution in [0.3, 0.4) is 0 Å². The molecule has 0 spiro atoms. The molecule has 9 heteroatoms. The molecule has 0 radical (unpaired) electrons. The highest BCUT2D eigenvalue weighted by Gasteiger charge is 2.37. The SMILES string of the molecule is Cc1oc(-c2ccc(Cl)cc2[N+](=O)[O-])cc1C(=O)N1CC2CC(C1)c1cccc(=O)n1C2. The Hall–Kier alpha value is -3.39. The number of nitrogens with zero attached hydrogens (tertiary/aromatic N) is 3. The number of aryl methyl sites for hydroxylation is 1. The van der Waals surface area contributed by atoms with E-state index in [4.69, 9.17) is 16.0 Å². The number of fused-ring (bicyclic) bond motifs is 4. The fourth-order valence-corrected chi connectivity index (χ4v) is 5.09. The Morgan fingerprint density at radius 1 is 1.19 bits per heavy atom. The molecule has 2 bridgehead atoms. The van der Waals surface area contributed by atoms with E-state index in [2.05, 4.69) is 0 Å². The predicted molar refractivity (Wildman–Crippen MR) is 118 cm³/mol. The summed E-state index contributed by atoms with van der Waals surface area (Å²) in [4.78, 5) is 38.4. The van der Waals surface area contributed by atoms with E-state index in [9.17, 15) is 19.7 Å². The maximum Gasteiger partial charge on any atom is 0.281 e. The highest BCUT2D eigenvalue weighted by molar-refractivity contribution is 6.30. The lowest BCUT2D eigenvalue weighted by Crippen LogP contribution is -2.49. The van der Waals surface area contributed by atoms with Gasteiger partial charge in [0.25, 0.3) is 17.2 Å². The molecule has 164 valence electrons. The number of halogens is 1. The van der Waals surface area contributed by atoms with Gasteiger partial charge in [0.15, 0.2) is 0 Å². The highest BCUT2D eigenvalue weighted by atomic mass is 35.5. The Morgan fingerprint density at radius 3 is 2.78 bits per heavy atom. The first-order chi connectivity index (χ1) is 15.3. The lowest BCUT2D eigenvalue weighted by Gasteiger charge is -2.42. The summed E-state index contributed by atoms with van der Waals surface area (Å²) in [5.41, 5.74) is 1.43. The molecule has 1 fully saturated rings. The zero-order valence-corrected chi connectivity index (χ0v) is 18.0. The highest BCUT2D eigenvalue weighted by Crippen LogP contribution is 2.38. The number of furan rings is 1. The minimum Gasteiger partial charge on any atom is -0.460 e. The summed E-state index contributed by atoms with van der Waals surface area (Å²) in [5, 5.41) is 11.7. The van der Waals surface area contributed by atoms with Gasteiger partial charge in [-0.1, -0.05) is 17.7 Å². The van der Waals surface area contributed by atoms with Gasteiger partial charge in [0.05, 0.1) is 16.1 Å². The zero-order valence-electron chi connectivity index (χ0n) is 17.3. The summed E-state index contributed by atoms with van der Waals surface area (Å²) in [5.74, 6) is 0.791. The Morgan fingerprint density at radius 2 is 2.00 bits per heavy atom. The third-order valence-corrected chi connectivity index (χ3v) is 6.57. The Bertz CT molecular complexity index is 1310. The molecule has 3 aromatic rings. The van der Waals surface area contributed by atoms with Gasteiger partial charge in [0.2, 0.25) is 0 Å². The standard InChI is InChI=1S/C23H20ClN3O5/c1-13-18(9-21(32-13)17-6-5-16(24)8-20(17)27(30)31)23(29)25-10-14-7-15(12-25)19-3-2-4-22(28)26(19)11-14/h2-6,8-9,14-15H,7,10-12H2,1H3. The average Bonchev–Trinajstić information content (AvgIpc) is 3.15. The zero-order chi connectivity index (χ0) is 22.6. The van der Waals surface area contributed by atoms with Crippen molar-refractivity contribution in [2.45, 2.75) is 25.8 Å². The third kappa shape index (κ3) is 3.40. The summed E-state index contributed by atoms with van der Waals surface area (Å²) >= 11 is 5.91. The van der Waals surface area contributed by atoms with E-state index in [1.165, 1.54) is 12.1 Å². The van der Waals surface area contributed by atoms with Crippen LogP contribution in [0.4, 0.5) is 5.69 Å². The number of nitro benzene ring substituents is 1. The number of benzene rings is 1. The summed E-state index contributed by atoms with van der Waals surface area (Å²) in [6, 6.07) is 11.2. The molecule has 0 aliphatic carbocycles. The molecular formula is C23H20ClN3O5. The van der Waals surface area contributed by atoms with Crippen LogP contribution in [0.2, 0.25) is 5.02 Å². The van der Waals surface area contributed by atoms with Crippen LogP contribution in [0.1, 0.15) is 34.2 Å². The normalized spacial score (nSPS) is 19.5. The van der Waals surface area contributed by atoms with Crippen LogP contribution in [0.5, 0.6) is 0 Å². The Kier molecular flexibility index (Phi) is 4.89. The second-order valence-electron chi connectivity index (χ2n) is 8.41. The van der Waals surface area contributed by atoms with E-state index in [0.29, 0.717) is 31.0 Å². The first-order valence-corrected chi connectivity index (χ1v) is 10.7. The van der Waals surface area contributed by atoms with E-state index in [-0.39, 0.29) is 45.3 Å². The maximum atomic E-state index is 13.4. The number of hydrogen-bond donors (Lipinski definition) is 0. The minimum absolute atomic E-state index is 0.00291. The molecule has 2 aromatic heterocycles. The van der Waals surface area contributed by atoms with E-state index < -0.39 is 4.92 Å². The van der Waals surface area contributed by atoms with Crippen molar-refractivity contribution in [1.29, 1.82) is 0 Å². The fraction of sp³-hybridized carbons (Fsp3) is 0.304. The van der Waals surface area contributed by atoms with Crippen molar-refractivity contribution in [2.24, 2.45) is 5.92 Å². The second-order valence-corrected chi connectivity index (χ2v) is 8.84. The number of pyridine rings is 1. The fourth-order valence-electron chi connectivity index (χ4n) is 4.92. The molecule has 0 saturated carbocycles. The number of aromatic nitrogens is 1. The maximum absolute atomic E-state index is 13.4. The van der Waals surface area contributed by atoms with E-state index >= 15 is 0 Å². The number of likely N-dealkylation sites (tertiary alicyclic amines) is 1. The first kappa shape index (κ1) is 20.5. The lowest BCUT2D eigenvalue weighted by atomic mass is 9.83. The van der Waals surface area contributed by atoms with Gasteiger partial charge in [-0.3, -0.25) is 19.7 Å². The van der Waals surface area contributed by atoms with Crippen molar-refractivity contribution in [2.75, 3.05) is 13.1 Å². The largest absolute Gasteiger partial charge is 0.460 e. The number of piperidine rings is 1. The molecule has 1 saturated heterocycles. The van der Waals surface area contributed by atoms with Crippen LogP contribution in [0.25, 0.3) is 11.3 Å². The number of nitro groups is 1. The average molecular weight is 454 g/mol. The number of hydrogen-bond acceptors (Lipinski definition) is 5. The van der Waals surface area contributed by atoms with Gasteiger partial charge in [-0.05, 0) is 43.5 Å². The monoisotopic (exact) mass is 453 g/mol. The summed E-state index contributed by atoms with van der Waals surface area (Å²) in [7, 11) is 0. The first-order valence-electron chi connectivity index (χ1n) is 10.4. The van der Waals surface area contributed by atoms with Crippen molar-refractivity contribution in [1.82, 2.24) is 9.47 Å². The molecule has 5 rings (SSSR count). The molecule has 1 amide bonds. The van der Waals surface area contributed by atoms with Gasteiger partial charge in [-0.15, -0.1) is 0 Å². The summed E-state index contributed by atoms with van der Waals surface area (Å²) < 4.78 is 7.59. The van der Waals surface area contributed by atoms with Gasteiger partial charge in [-0.25, -0.2) is 0 Å². The van der Waals surface area contributed by atoms with Crippen LogP contribution in [-0.2, 0) is 6.54 Å². The third-order valence-electron chi connectivity index (χ3n) is 6.34. The Balaban J connectivity index is 1.45. The van der Waals surface area contributed by atoms with Gasteiger partial charge in [-0.2, -0.15) is 0 Å². The molecule has 2 aliphatic heterocycles. The van der Waals surface area contributed by atoms with Crippen molar-refractivity contribution in [3.63, 3.8) is 0 Å². The number of amides is 1. The van der Waals surface area contributed by atoms with Crippen molar-refractivity contribution in [3.05, 3.63) is 85.0 Å². The van der Waals surface area contributed by atoms with Crippen LogP contribution < -0.4 is 5.56 Å². The molecule has 8 nitrogen and oxygen atoms in total. The van der Waals surface area contributed by atoms with Crippen LogP contribution >= 0.6 is 11.6 Å². The van der Waals surface area contributed by atoms with Crippen molar-refractivity contribution in [3.8, 4) is 11.3 Å². The lowest BCUT2D eigenvalue weighted by molar-refractivity contribution is -0.384. The van der Waals surface area contributed by atoms with Crippen LogP contribution in [0, 0.1) is 23.0 Å². The summed E-state index contributed by atoms with van der Waals surface area (Å²) in [6.45, 7) is 3.34. The van der Waals surface area contributed by atoms with Crippen LogP contribution in [-0.4, -0.2) is 33.4 Å².